The molecule has 1 heterocycles. The second kappa shape index (κ2) is 8.32. The first kappa shape index (κ1) is 20.2. The summed E-state index contributed by atoms with van der Waals surface area (Å²) in [5.41, 5.74) is 8.73. The molecule has 152 valence electrons. The zero-order valence-corrected chi connectivity index (χ0v) is 17.4. The van der Waals surface area contributed by atoms with E-state index in [1.54, 1.807) is 24.3 Å². The number of halogens is 1. The summed E-state index contributed by atoms with van der Waals surface area (Å²) in [6.07, 6.45) is 0.788. The normalized spacial score (nSPS) is 18.5. The van der Waals surface area contributed by atoms with Crippen LogP contribution in [0.4, 0.5) is 10.1 Å². The van der Waals surface area contributed by atoms with Gasteiger partial charge in [-0.05, 0) is 54.3 Å². The van der Waals surface area contributed by atoms with Crippen LogP contribution in [0.5, 0.6) is 0 Å². The molecule has 1 atom stereocenters. The Morgan fingerprint density at radius 1 is 1.07 bits per heavy atom. The summed E-state index contributed by atoms with van der Waals surface area (Å²) in [7, 11) is 0. The van der Waals surface area contributed by atoms with Crippen LogP contribution in [0.25, 0.3) is 11.1 Å². The quantitative estimate of drug-likeness (QED) is 0.594. The smallest absolute Gasteiger partial charge is 0.255 e. The second-order valence-corrected chi connectivity index (χ2v) is 8.53. The third kappa shape index (κ3) is 4.24. The first-order valence-electron chi connectivity index (χ1n) is 9.70. The molecule has 0 bridgehead atoms. The molecule has 1 aliphatic heterocycles. The zero-order chi connectivity index (χ0) is 21.1. The topological polar surface area (TPSA) is 67.5 Å². The molecule has 0 radical (unpaired) electrons. The molecule has 0 aliphatic carbocycles. The van der Waals surface area contributed by atoms with Gasteiger partial charge < -0.3 is 11.1 Å². The number of aliphatic imine (C=N–C) groups is 1. The van der Waals surface area contributed by atoms with E-state index in [-0.39, 0.29) is 11.6 Å². The van der Waals surface area contributed by atoms with Crippen molar-refractivity contribution in [2.75, 3.05) is 11.1 Å². The Balaban J connectivity index is 1.60. The van der Waals surface area contributed by atoms with E-state index >= 15 is 0 Å². The number of nitrogens with zero attached hydrogens (tertiary/aromatic N) is 1. The van der Waals surface area contributed by atoms with Gasteiger partial charge >= 0.3 is 0 Å². The van der Waals surface area contributed by atoms with Crippen LogP contribution in [-0.4, -0.2) is 16.8 Å². The highest BCUT2D eigenvalue weighted by Crippen LogP contribution is 2.36. The molecule has 4 rings (SSSR count). The molecule has 1 aliphatic rings. The maximum Gasteiger partial charge on any atom is 0.255 e. The number of nitrogens with one attached hydrogen (secondary N) is 1. The summed E-state index contributed by atoms with van der Waals surface area (Å²) in [6.45, 7) is 1.97. The molecule has 3 aromatic carbocycles. The number of hydrogen-bond donors (Lipinski definition) is 2. The number of carbonyl (C=O) groups is 1. The van der Waals surface area contributed by atoms with Crippen LogP contribution in [0.3, 0.4) is 0 Å². The van der Waals surface area contributed by atoms with Crippen molar-refractivity contribution < 1.29 is 9.18 Å². The number of anilines is 1. The van der Waals surface area contributed by atoms with E-state index in [0.717, 1.165) is 28.9 Å². The summed E-state index contributed by atoms with van der Waals surface area (Å²) in [5.74, 6) is -0.00905. The summed E-state index contributed by atoms with van der Waals surface area (Å²) >= 11 is 1.51. The molecular formula is C24H22FN3OS. The van der Waals surface area contributed by atoms with Crippen molar-refractivity contribution in [3.63, 3.8) is 0 Å². The van der Waals surface area contributed by atoms with E-state index in [1.807, 2.05) is 49.4 Å². The van der Waals surface area contributed by atoms with Gasteiger partial charge in [0.1, 0.15) is 5.82 Å². The van der Waals surface area contributed by atoms with Crippen molar-refractivity contribution in [3.05, 3.63) is 89.7 Å². The number of amidine groups is 1. The minimum absolute atomic E-state index is 0.135. The third-order valence-corrected chi connectivity index (χ3v) is 6.06. The summed E-state index contributed by atoms with van der Waals surface area (Å²) < 4.78 is 14.5. The lowest BCUT2D eigenvalue weighted by atomic mass is 9.89. The monoisotopic (exact) mass is 419 g/mol. The first-order valence-corrected chi connectivity index (χ1v) is 10.7. The number of benzene rings is 3. The van der Waals surface area contributed by atoms with Crippen LogP contribution in [0.15, 0.2) is 77.8 Å². The number of carbonyl (C=O) groups excluding carboxylic acids is 1. The number of nitrogens with two attached hydrogens (primary N) is 1. The SMILES string of the molecule is CC1(c2ccc(F)c(NC(=O)c3cccc(-c4ccccc4)c3)c2)CCSC(N)=N1. The predicted octanol–water partition coefficient (Wildman–Crippen LogP) is 5.41. The van der Waals surface area contributed by atoms with Gasteiger partial charge in [-0.3, -0.25) is 9.79 Å². The molecule has 4 nitrogen and oxygen atoms in total. The van der Waals surface area contributed by atoms with Gasteiger partial charge in [-0.2, -0.15) is 0 Å². The highest BCUT2D eigenvalue weighted by Gasteiger charge is 2.30. The number of hydrogen-bond acceptors (Lipinski definition) is 4. The summed E-state index contributed by atoms with van der Waals surface area (Å²) in [4.78, 5) is 17.4. The lowest BCUT2D eigenvalue weighted by molar-refractivity contribution is 0.102. The van der Waals surface area contributed by atoms with Crippen molar-refractivity contribution >= 4 is 28.5 Å². The van der Waals surface area contributed by atoms with E-state index in [0.29, 0.717) is 10.7 Å². The molecule has 3 aromatic rings. The molecule has 0 saturated heterocycles. The van der Waals surface area contributed by atoms with Gasteiger partial charge in [-0.1, -0.05) is 60.3 Å². The van der Waals surface area contributed by atoms with Gasteiger partial charge in [0.2, 0.25) is 0 Å². The minimum Gasteiger partial charge on any atom is -0.379 e. The maximum absolute atomic E-state index is 14.5. The molecule has 0 saturated carbocycles. The molecule has 0 fully saturated rings. The van der Waals surface area contributed by atoms with Crippen LogP contribution in [-0.2, 0) is 5.54 Å². The van der Waals surface area contributed by atoms with Gasteiger partial charge in [0.15, 0.2) is 5.17 Å². The summed E-state index contributed by atoms with van der Waals surface area (Å²) in [6, 6.07) is 21.8. The Labute approximate surface area is 179 Å². The van der Waals surface area contributed by atoms with Gasteiger partial charge in [0.25, 0.3) is 5.91 Å². The number of rotatable bonds is 4. The van der Waals surface area contributed by atoms with E-state index in [9.17, 15) is 9.18 Å². The van der Waals surface area contributed by atoms with Gasteiger partial charge in [-0.15, -0.1) is 0 Å². The Morgan fingerprint density at radius 2 is 1.83 bits per heavy atom. The first-order chi connectivity index (χ1) is 14.4. The molecule has 30 heavy (non-hydrogen) atoms. The lowest BCUT2D eigenvalue weighted by Crippen LogP contribution is -2.29. The fraction of sp³-hybridized carbons (Fsp3) is 0.167. The Kier molecular flexibility index (Phi) is 5.59. The van der Waals surface area contributed by atoms with Gasteiger partial charge in [0.05, 0.1) is 11.2 Å². The average molecular weight is 420 g/mol. The lowest BCUT2D eigenvalue weighted by Gasteiger charge is -2.30. The van der Waals surface area contributed by atoms with Gasteiger partial charge in [-0.25, -0.2) is 4.39 Å². The highest BCUT2D eigenvalue weighted by atomic mass is 32.2. The van der Waals surface area contributed by atoms with Gasteiger partial charge in [0, 0.05) is 11.3 Å². The standard InChI is InChI=1S/C24H22FN3OS/c1-24(12-13-30-23(26)28-24)19-10-11-20(25)21(15-19)27-22(29)18-9-5-8-17(14-18)16-6-3-2-4-7-16/h2-11,14-15H,12-13H2,1H3,(H2,26,28)(H,27,29). The van der Waals surface area contributed by atoms with Crippen molar-refractivity contribution in [2.24, 2.45) is 10.7 Å². The van der Waals surface area contributed by atoms with Crippen LogP contribution in [0.1, 0.15) is 29.3 Å². The molecule has 0 spiro atoms. The Morgan fingerprint density at radius 3 is 2.60 bits per heavy atom. The van der Waals surface area contributed by atoms with Crippen LogP contribution < -0.4 is 11.1 Å². The minimum atomic E-state index is -0.532. The van der Waals surface area contributed by atoms with E-state index in [4.69, 9.17) is 5.73 Å². The maximum atomic E-state index is 14.5. The fourth-order valence-electron chi connectivity index (χ4n) is 3.52. The molecule has 1 amide bonds. The molecule has 1 unspecified atom stereocenters. The Bertz CT molecular complexity index is 1120. The van der Waals surface area contributed by atoms with Crippen molar-refractivity contribution in [2.45, 2.75) is 18.9 Å². The fourth-order valence-corrected chi connectivity index (χ4v) is 4.49. The summed E-state index contributed by atoms with van der Waals surface area (Å²) in [5, 5.41) is 3.24. The molecule has 3 N–H and O–H groups in total. The Hall–Kier alpha value is -3.12. The molecule has 6 heteroatoms. The van der Waals surface area contributed by atoms with Crippen LogP contribution in [0.2, 0.25) is 0 Å². The third-order valence-electron chi connectivity index (χ3n) is 5.26. The van der Waals surface area contributed by atoms with E-state index < -0.39 is 11.4 Å². The average Bonchev–Trinajstić information content (AvgIpc) is 2.75. The van der Waals surface area contributed by atoms with Crippen molar-refractivity contribution in [3.8, 4) is 11.1 Å². The van der Waals surface area contributed by atoms with E-state index in [2.05, 4.69) is 10.3 Å². The highest BCUT2D eigenvalue weighted by molar-refractivity contribution is 8.13. The molecular weight excluding hydrogens is 397 g/mol. The number of amides is 1. The van der Waals surface area contributed by atoms with Crippen LogP contribution >= 0.6 is 11.8 Å². The van der Waals surface area contributed by atoms with Crippen molar-refractivity contribution in [1.29, 1.82) is 0 Å². The largest absolute Gasteiger partial charge is 0.379 e. The molecule has 0 aromatic heterocycles. The zero-order valence-electron chi connectivity index (χ0n) is 16.6. The van der Waals surface area contributed by atoms with Crippen molar-refractivity contribution in [1.82, 2.24) is 0 Å². The van der Waals surface area contributed by atoms with Crippen LogP contribution in [0, 0.1) is 5.82 Å². The predicted molar refractivity (Wildman–Crippen MR) is 122 cm³/mol. The van der Waals surface area contributed by atoms with E-state index in [1.165, 1.54) is 17.8 Å². The number of thioether (sulfide) groups is 1. The second-order valence-electron chi connectivity index (χ2n) is 7.42.